The van der Waals surface area contributed by atoms with E-state index in [0.717, 1.165) is 24.6 Å². The van der Waals surface area contributed by atoms with Gasteiger partial charge in [-0.05, 0) is 44.1 Å². The van der Waals surface area contributed by atoms with Crippen molar-refractivity contribution in [1.82, 2.24) is 10.2 Å². The van der Waals surface area contributed by atoms with Crippen LogP contribution in [0.15, 0.2) is 18.2 Å². The number of halogens is 1. The number of hydrogen-bond acceptors (Lipinski definition) is 3. The quantitative estimate of drug-likeness (QED) is 0.861. The zero-order valence-corrected chi connectivity index (χ0v) is 11.6. The Kier molecular flexibility index (Phi) is 4.87. The number of phenolic OH excluding ortho intramolecular Hbond substituents is 1. The van der Waals surface area contributed by atoms with E-state index < -0.39 is 0 Å². The molecule has 2 rings (SSSR count). The van der Waals surface area contributed by atoms with Crippen molar-refractivity contribution in [3.8, 4) is 5.75 Å². The Balaban J connectivity index is 1.79. The highest BCUT2D eigenvalue weighted by atomic mass is 35.5. The van der Waals surface area contributed by atoms with Gasteiger partial charge in [-0.15, -0.1) is 0 Å². The Morgan fingerprint density at radius 1 is 1.50 bits per heavy atom. The summed E-state index contributed by atoms with van der Waals surface area (Å²) in [5.41, 5.74) is 0.796. The molecule has 1 aromatic carbocycles. The summed E-state index contributed by atoms with van der Waals surface area (Å²) in [6, 6.07) is 5.25. The van der Waals surface area contributed by atoms with Gasteiger partial charge in [-0.1, -0.05) is 24.6 Å². The van der Waals surface area contributed by atoms with Gasteiger partial charge >= 0.3 is 0 Å². The van der Waals surface area contributed by atoms with Crippen molar-refractivity contribution in [2.45, 2.75) is 19.9 Å². The number of benzene rings is 1. The first-order valence-corrected chi connectivity index (χ1v) is 6.98. The normalized spacial score (nSPS) is 20.4. The van der Waals surface area contributed by atoms with Crippen LogP contribution in [0.5, 0.6) is 5.75 Å². The molecule has 0 radical (unpaired) electrons. The summed E-state index contributed by atoms with van der Waals surface area (Å²) in [6.45, 7) is 7.35. The summed E-state index contributed by atoms with van der Waals surface area (Å²) < 4.78 is 0. The van der Waals surface area contributed by atoms with Gasteiger partial charge in [0.05, 0.1) is 0 Å². The van der Waals surface area contributed by atoms with Gasteiger partial charge in [-0.2, -0.15) is 0 Å². The molecule has 100 valence electrons. The average Bonchev–Trinajstić information content (AvgIpc) is 2.81. The molecule has 0 aromatic heterocycles. The van der Waals surface area contributed by atoms with Crippen LogP contribution in [0.2, 0.25) is 5.02 Å². The molecule has 1 aliphatic rings. The molecular weight excluding hydrogens is 248 g/mol. The number of nitrogens with one attached hydrogen (secondary N) is 1. The summed E-state index contributed by atoms with van der Waals surface area (Å²) in [5.74, 6) is 0.992. The van der Waals surface area contributed by atoms with Crippen molar-refractivity contribution < 1.29 is 5.11 Å². The van der Waals surface area contributed by atoms with Gasteiger partial charge in [0.2, 0.25) is 0 Å². The van der Waals surface area contributed by atoms with Gasteiger partial charge in [0, 0.05) is 23.7 Å². The van der Waals surface area contributed by atoms with Gasteiger partial charge in [0.25, 0.3) is 0 Å². The molecule has 4 heteroatoms. The number of likely N-dealkylation sites (tertiary alicyclic amines) is 1. The van der Waals surface area contributed by atoms with E-state index in [2.05, 4.69) is 17.1 Å². The van der Waals surface area contributed by atoms with Gasteiger partial charge in [0.15, 0.2) is 0 Å². The second-order valence-corrected chi connectivity index (χ2v) is 5.32. The lowest BCUT2D eigenvalue weighted by Crippen LogP contribution is -2.26. The van der Waals surface area contributed by atoms with Crippen LogP contribution < -0.4 is 5.32 Å². The van der Waals surface area contributed by atoms with E-state index in [1.54, 1.807) is 12.1 Å². The third-order valence-corrected chi connectivity index (χ3v) is 4.00. The fourth-order valence-electron chi connectivity index (χ4n) is 2.49. The summed E-state index contributed by atoms with van der Waals surface area (Å²) >= 11 is 6.06. The number of aromatic hydroxyl groups is 1. The topological polar surface area (TPSA) is 35.5 Å². The molecule has 1 atom stereocenters. The monoisotopic (exact) mass is 268 g/mol. The maximum atomic E-state index is 9.73. The number of phenols is 1. The minimum atomic E-state index is 0.275. The Labute approximate surface area is 114 Å². The molecule has 1 aromatic rings. The summed E-state index contributed by atoms with van der Waals surface area (Å²) in [4.78, 5) is 2.47. The van der Waals surface area contributed by atoms with Crippen molar-refractivity contribution in [3.63, 3.8) is 0 Å². The molecule has 0 amide bonds. The van der Waals surface area contributed by atoms with E-state index in [9.17, 15) is 5.11 Å². The lowest BCUT2D eigenvalue weighted by atomic mass is 10.1. The van der Waals surface area contributed by atoms with Crippen molar-refractivity contribution >= 4 is 11.6 Å². The lowest BCUT2D eigenvalue weighted by Gasteiger charge is -2.14. The zero-order chi connectivity index (χ0) is 13.0. The number of hydrogen-bond donors (Lipinski definition) is 2. The Bertz CT molecular complexity index is 377. The maximum absolute atomic E-state index is 9.73. The van der Waals surface area contributed by atoms with Crippen LogP contribution in [0.1, 0.15) is 18.9 Å². The highest BCUT2D eigenvalue weighted by Crippen LogP contribution is 2.25. The van der Waals surface area contributed by atoms with Crippen LogP contribution in [-0.2, 0) is 6.54 Å². The molecule has 1 aliphatic heterocycles. The molecular formula is C14H21ClN2O. The SMILES string of the molecule is CCN1CCC(CNCc2c(O)cccc2Cl)C1. The standard InChI is InChI=1S/C14H21ClN2O/c1-2-17-7-6-11(10-17)8-16-9-12-13(15)4-3-5-14(12)18/h3-5,11,16,18H,2,6-10H2,1H3. The Morgan fingerprint density at radius 2 is 2.33 bits per heavy atom. The molecule has 1 heterocycles. The maximum Gasteiger partial charge on any atom is 0.121 e. The van der Waals surface area contributed by atoms with Crippen molar-refractivity contribution in [3.05, 3.63) is 28.8 Å². The first kappa shape index (κ1) is 13.7. The summed E-state index contributed by atoms with van der Waals surface area (Å²) in [5, 5.41) is 13.8. The molecule has 0 aliphatic carbocycles. The van der Waals surface area contributed by atoms with Crippen molar-refractivity contribution in [2.75, 3.05) is 26.2 Å². The van der Waals surface area contributed by atoms with Gasteiger partial charge in [0.1, 0.15) is 5.75 Å². The predicted octanol–water partition coefficient (Wildman–Crippen LogP) is 2.48. The predicted molar refractivity (Wildman–Crippen MR) is 75.0 cm³/mol. The smallest absolute Gasteiger partial charge is 0.121 e. The molecule has 0 bridgehead atoms. The van der Waals surface area contributed by atoms with E-state index in [-0.39, 0.29) is 5.75 Å². The van der Waals surface area contributed by atoms with Crippen LogP contribution in [0.4, 0.5) is 0 Å². The van der Waals surface area contributed by atoms with Crippen LogP contribution in [0, 0.1) is 5.92 Å². The average molecular weight is 269 g/mol. The number of nitrogens with zero attached hydrogens (tertiary/aromatic N) is 1. The molecule has 3 nitrogen and oxygen atoms in total. The van der Waals surface area contributed by atoms with Crippen molar-refractivity contribution in [2.24, 2.45) is 5.92 Å². The van der Waals surface area contributed by atoms with Crippen LogP contribution in [0.3, 0.4) is 0 Å². The third-order valence-electron chi connectivity index (χ3n) is 3.65. The summed E-state index contributed by atoms with van der Waals surface area (Å²) in [7, 11) is 0. The van der Waals surface area contributed by atoms with Crippen LogP contribution in [-0.4, -0.2) is 36.2 Å². The van der Waals surface area contributed by atoms with Gasteiger partial charge < -0.3 is 15.3 Å². The van der Waals surface area contributed by atoms with E-state index in [1.165, 1.54) is 19.5 Å². The first-order chi connectivity index (χ1) is 8.70. The Morgan fingerprint density at radius 3 is 3.00 bits per heavy atom. The summed E-state index contributed by atoms with van der Waals surface area (Å²) in [6.07, 6.45) is 1.26. The molecule has 2 N–H and O–H groups in total. The van der Waals surface area contributed by atoms with Crippen molar-refractivity contribution in [1.29, 1.82) is 0 Å². The largest absolute Gasteiger partial charge is 0.508 e. The van der Waals surface area contributed by atoms with E-state index in [0.29, 0.717) is 11.6 Å². The minimum Gasteiger partial charge on any atom is -0.508 e. The fraction of sp³-hybridized carbons (Fsp3) is 0.571. The van der Waals surface area contributed by atoms with Crippen LogP contribution in [0.25, 0.3) is 0 Å². The van der Waals surface area contributed by atoms with Gasteiger partial charge in [-0.25, -0.2) is 0 Å². The molecule has 18 heavy (non-hydrogen) atoms. The second kappa shape index (κ2) is 6.41. The first-order valence-electron chi connectivity index (χ1n) is 6.60. The highest BCUT2D eigenvalue weighted by Gasteiger charge is 2.20. The zero-order valence-electron chi connectivity index (χ0n) is 10.8. The molecule has 0 spiro atoms. The number of rotatable bonds is 5. The highest BCUT2D eigenvalue weighted by molar-refractivity contribution is 6.31. The van der Waals surface area contributed by atoms with Crippen LogP contribution >= 0.6 is 11.6 Å². The lowest BCUT2D eigenvalue weighted by molar-refractivity contribution is 0.338. The molecule has 0 saturated carbocycles. The second-order valence-electron chi connectivity index (χ2n) is 4.92. The Hall–Kier alpha value is -0.770. The van der Waals surface area contributed by atoms with E-state index in [1.807, 2.05) is 6.07 Å². The van der Waals surface area contributed by atoms with E-state index >= 15 is 0 Å². The molecule has 1 fully saturated rings. The molecule has 1 saturated heterocycles. The van der Waals surface area contributed by atoms with Gasteiger partial charge in [-0.3, -0.25) is 0 Å². The third kappa shape index (κ3) is 3.37. The fourth-order valence-corrected chi connectivity index (χ4v) is 2.73. The van der Waals surface area contributed by atoms with E-state index in [4.69, 9.17) is 11.6 Å². The molecule has 1 unspecified atom stereocenters. The minimum absolute atomic E-state index is 0.275.